The summed E-state index contributed by atoms with van der Waals surface area (Å²) in [4.78, 5) is 2.08. The van der Waals surface area contributed by atoms with Crippen molar-refractivity contribution in [2.24, 2.45) is 11.7 Å². The van der Waals surface area contributed by atoms with Crippen molar-refractivity contribution in [2.45, 2.75) is 50.7 Å². The van der Waals surface area contributed by atoms with Crippen molar-refractivity contribution in [1.82, 2.24) is 0 Å². The van der Waals surface area contributed by atoms with Crippen LogP contribution in [0.15, 0.2) is 48.5 Å². The molecule has 140 valence electrons. The van der Waals surface area contributed by atoms with Crippen LogP contribution < -0.4 is 10.6 Å². The van der Waals surface area contributed by atoms with Gasteiger partial charge in [0, 0.05) is 31.2 Å². The highest BCUT2D eigenvalue weighted by Gasteiger charge is 2.49. The Morgan fingerprint density at radius 3 is 2.35 bits per heavy atom. The molecule has 3 nitrogen and oxygen atoms in total. The number of nitrogens with two attached hydrogens (primary N) is 1. The molecule has 26 heavy (non-hydrogen) atoms. The first-order valence-corrected chi connectivity index (χ1v) is 9.62. The van der Waals surface area contributed by atoms with Crippen LogP contribution in [0.1, 0.15) is 49.3 Å². The number of hydrogen-bond donors (Lipinski definition) is 2. The van der Waals surface area contributed by atoms with Gasteiger partial charge in [0.05, 0.1) is 5.60 Å². The molecule has 0 bridgehead atoms. The first kappa shape index (κ1) is 18.9. The van der Waals surface area contributed by atoms with Gasteiger partial charge in [0.1, 0.15) is 0 Å². The van der Waals surface area contributed by atoms with Crippen molar-refractivity contribution in [3.8, 4) is 0 Å². The summed E-state index contributed by atoms with van der Waals surface area (Å²) in [6.07, 6.45) is 3.85. The summed E-state index contributed by atoms with van der Waals surface area (Å²) in [6.45, 7) is 4.19. The molecular weight excluding hydrogens is 320 g/mol. The van der Waals surface area contributed by atoms with E-state index in [2.05, 4.69) is 55.1 Å². The number of benzene rings is 2. The van der Waals surface area contributed by atoms with Crippen LogP contribution in [-0.2, 0) is 11.1 Å². The number of anilines is 1. The maximum Gasteiger partial charge on any atom is 0.0945 e. The second-order valence-electron chi connectivity index (χ2n) is 8.26. The van der Waals surface area contributed by atoms with Gasteiger partial charge in [-0.1, -0.05) is 49.2 Å². The van der Waals surface area contributed by atoms with Crippen LogP contribution >= 0.6 is 0 Å². The summed E-state index contributed by atoms with van der Waals surface area (Å²) in [5.74, 6) is -0.0185. The molecule has 0 heterocycles. The van der Waals surface area contributed by atoms with Gasteiger partial charge in [-0.2, -0.15) is 0 Å². The van der Waals surface area contributed by atoms with Gasteiger partial charge in [-0.05, 0) is 55.5 Å². The van der Waals surface area contributed by atoms with Gasteiger partial charge in [0.25, 0.3) is 0 Å². The molecule has 3 unspecified atom stereocenters. The minimum Gasteiger partial charge on any atom is -0.385 e. The average molecular weight is 353 g/mol. The minimum absolute atomic E-state index is 0.0185. The standard InChI is InChI=1S/C23H32N2O/c1-17-9-5-6-10-20(17)22(2,24)21-11-7-8-16-23(21,26)18-12-14-19(15-13-18)25(3)4/h5-6,9-10,12-15,21,26H,7-8,11,16,24H2,1-4H3. The topological polar surface area (TPSA) is 49.5 Å². The Balaban J connectivity index is 2.03. The van der Waals surface area contributed by atoms with Crippen LogP contribution in [0.25, 0.3) is 0 Å². The predicted octanol–water partition coefficient (Wildman–Crippen LogP) is 4.31. The molecule has 0 aliphatic heterocycles. The van der Waals surface area contributed by atoms with E-state index in [1.165, 1.54) is 5.56 Å². The number of aliphatic hydroxyl groups is 1. The van der Waals surface area contributed by atoms with Gasteiger partial charge in [-0.25, -0.2) is 0 Å². The Hall–Kier alpha value is -1.84. The number of nitrogens with zero attached hydrogens (tertiary/aromatic N) is 1. The lowest BCUT2D eigenvalue weighted by Gasteiger charge is -2.49. The average Bonchev–Trinajstić information content (AvgIpc) is 2.62. The van der Waals surface area contributed by atoms with E-state index in [0.717, 1.165) is 42.5 Å². The van der Waals surface area contributed by atoms with Crippen molar-refractivity contribution in [2.75, 3.05) is 19.0 Å². The molecule has 1 saturated carbocycles. The highest BCUT2D eigenvalue weighted by atomic mass is 16.3. The maximum absolute atomic E-state index is 11.8. The van der Waals surface area contributed by atoms with E-state index in [1.807, 2.05) is 26.2 Å². The molecule has 0 aromatic heterocycles. The molecule has 1 aliphatic carbocycles. The van der Waals surface area contributed by atoms with Crippen LogP contribution in [0.2, 0.25) is 0 Å². The molecule has 0 amide bonds. The third-order valence-corrected chi connectivity index (χ3v) is 6.21. The molecule has 3 heteroatoms. The van der Waals surface area contributed by atoms with Gasteiger partial charge in [-0.3, -0.25) is 0 Å². The highest BCUT2D eigenvalue weighted by molar-refractivity contribution is 5.47. The molecule has 3 N–H and O–H groups in total. The van der Waals surface area contributed by atoms with E-state index in [1.54, 1.807) is 0 Å². The summed E-state index contributed by atoms with van der Waals surface area (Å²) >= 11 is 0. The Kier molecular flexibility index (Phi) is 5.14. The van der Waals surface area contributed by atoms with Gasteiger partial charge in [-0.15, -0.1) is 0 Å². The summed E-state index contributed by atoms with van der Waals surface area (Å²) in [5.41, 5.74) is 9.91. The fraction of sp³-hybridized carbons (Fsp3) is 0.478. The zero-order valence-electron chi connectivity index (χ0n) is 16.5. The first-order chi connectivity index (χ1) is 12.3. The van der Waals surface area contributed by atoms with E-state index in [9.17, 15) is 5.11 Å². The molecule has 1 aliphatic rings. The largest absolute Gasteiger partial charge is 0.385 e. The van der Waals surface area contributed by atoms with E-state index in [4.69, 9.17) is 5.73 Å². The molecule has 0 radical (unpaired) electrons. The molecule has 1 fully saturated rings. The fourth-order valence-electron chi connectivity index (χ4n) is 4.71. The second kappa shape index (κ2) is 7.05. The summed E-state index contributed by atoms with van der Waals surface area (Å²) in [6, 6.07) is 16.6. The summed E-state index contributed by atoms with van der Waals surface area (Å²) in [7, 11) is 4.06. The quantitative estimate of drug-likeness (QED) is 0.862. The maximum atomic E-state index is 11.8. The first-order valence-electron chi connectivity index (χ1n) is 9.62. The minimum atomic E-state index is -0.894. The third-order valence-electron chi connectivity index (χ3n) is 6.21. The zero-order valence-corrected chi connectivity index (χ0v) is 16.5. The Morgan fingerprint density at radius 1 is 1.08 bits per heavy atom. The lowest BCUT2D eigenvalue weighted by Crippen LogP contribution is -2.53. The monoisotopic (exact) mass is 352 g/mol. The van der Waals surface area contributed by atoms with Gasteiger partial charge in [0.2, 0.25) is 0 Å². The normalized spacial score (nSPS) is 25.5. The molecule has 2 aromatic carbocycles. The Bertz CT molecular complexity index is 751. The number of aryl methyl sites for hydroxylation is 1. The highest BCUT2D eigenvalue weighted by Crippen LogP contribution is 2.49. The molecule has 3 rings (SSSR count). The van der Waals surface area contributed by atoms with Crippen LogP contribution in [0.5, 0.6) is 0 Å². The van der Waals surface area contributed by atoms with Crippen LogP contribution in [-0.4, -0.2) is 19.2 Å². The molecule has 0 saturated heterocycles. The van der Waals surface area contributed by atoms with E-state index in [0.29, 0.717) is 0 Å². The molecule has 0 spiro atoms. The van der Waals surface area contributed by atoms with Crippen molar-refractivity contribution >= 4 is 5.69 Å². The van der Waals surface area contributed by atoms with Crippen LogP contribution in [0, 0.1) is 12.8 Å². The van der Waals surface area contributed by atoms with Gasteiger partial charge >= 0.3 is 0 Å². The van der Waals surface area contributed by atoms with Crippen molar-refractivity contribution in [3.05, 3.63) is 65.2 Å². The molecule has 2 aromatic rings. The van der Waals surface area contributed by atoms with Gasteiger partial charge < -0.3 is 15.7 Å². The lowest BCUT2D eigenvalue weighted by molar-refractivity contribution is -0.0836. The van der Waals surface area contributed by atoms with Crippen LogP contribution in [0.4, 0.5) is 5.69 Å². The Labute approximate surface area is 157 Å². The smallest absolute Gasteiger partial charge is 0.0945 e. The number of rotatable bonds is 4. The van der Waals surface area contributed by atoms with Crippen molar-refractivity contribution < 1.29 is 5.11 Å². The molecular formula is C23H32N2O. The number of hydrogen-bond acceptors (Lipinski definition) is 3. The third kappa shape index (κ3) is 3.26. The zero-order chi connectivity index (χ0) is 18.9. The van der Waals surface area contributed by atoms with Crippen molar-refractivity contribution in [3.63, 3.8) is 0 Å². The van der Waals surface area contributed by atoms with E-state index >= 15 is 0 Å². The van der Waals surface area contributed by atoms with Crippen LogP contribution in [0.3, 0.4) is 0 Å². The van der Waals surface area contributed by atoms with Gasteiger partial charge in [0.15, 0.2) is 0 Å². The predicted molar refractivity (Wildman–Crippen MR) is 109 cm³/mol. The summed E-state index contributed by atoms with van der Waals surface area (Å²) < 4.78 is 0. The van der Waals surface area contributed by atoms with E-state index < -0.39 is 11.1 Å². The second-order valence-corrected chi connectivity index (χ2v) is 8.26. The van der Waals surface area contributed by atoms with E-state index in [-0.39, 0.29) is 5.92 Å². The summed E-state index contributed by atoms with van der Waals surface area (Å²) in [5, 5.41) is 11.8. The molecule has 3 atom stereocenters. The Morgan fingerprint density at radius 2 is 1.73 bits per heavy atom. The van der Waals surface area contributed by atoms with Crippen molar-refractivity contribution in [1.29, 1.82) is 0 Å². The fourth-order valence-corrected chi connectivity index (χ4v) is 4.71. The SMILES string of the molecule is Cc1ccccc1C(C)(N)C1CCCCC1(O)c1ccc(N(C)C)cc1. The lowest BCUT2D eigenvalue weighted by atomic mass is 9.61.